The Balaban J connectivity index is 2.01. The fraction of sp³-hybridized carbons (Fsp3) is 0.500. The average molecular weight is 281 g/mol. The molecular weight excluding hydrogens is 264 g/mol. The Labute approximate surface area is 117 Å². The van der Waals surface area contributed by atoms with Crippen molar-refractivity contribution in [1.82, 2.24) is 5.32 Å². The van der Waals surface area contributed by atoms with Gasteiger partial charge in [0.15, 0.2) is 12.5 Å². The van der Waals surface area contributed by atoms with Gasteiger partial charge in [-0.15, -0.1) is 0 Å². The molecule has 1 aromatic rings. The molecule has 1 N–H and O–H groups in total. The molecule has 4 nitrogen and oxygen atoms in total. The van der Waals surface area contributed by atoms with Crippen LogP contribution in [-0.4, -0.2) is 31.6 Å². The summed E-state index contributed by atoms with van der Waals surface area (Å²) in [6.07, 6.45) is 2.35. The smallest absolute Gasteiger partial charge is 0.187 e. The zero-order chi connectivity index (χ0) is 13.2. The molecule has 1 unspecified atom stereocenters. The van der Waals surface area contributed by atoms with Gasteiger partial charge in [-0.2, -0.15) is 0 Å². The monoisotopic (exact) mass is 280 g/mol. The number of rotatable bonds is 2. The summed E-state index contributed by atoms with van der Waals surface area (Å²) in [7, 11) is 0. The first kappa shape index (κ1) is 12.9. The van der Waals surface area contributed by atoms with Crippen molar-refractivity contribution in [2.45, 2.75) is 31.7 Å². The van der Waals surface area contributed by atoms with Crippen LogP contribution in [0.2, 0.25) is 5.02 Å². The first-order valence-corrected chi connectivity index (χ1v) is 7.02. The molecule has 2 heterocycles. The number of carbonyl (C=O) groups is 1. The molecule has 1 saturated heterocycles. The lowest BCUT2D eigenvalue weighted by atomic mass is 10.0. The van der Waals surface area contributed by atoms with Crippen LogP contribution in [0.5, 0.6) is 0 Å². The third-order valence-electron chi connectivity index (χ3n) is 3.83. The quantitative estimate of drug-likeness (QED) is 0.841. The second kappa shape index (κ2) is 5.49. The standard InChI is InChI=1S/C14H17ClN2O2/c15-12-3-1-2-10-9-19-13(8-18)17(14(10)12)11-4-6-16-7-5-11/h1-3,8,11,13,16H,4-7,9H2. The van der Waals surface area contributed by atoms with Crippen molar-refractivity contribution >= 4 is 23.6 Å². The molecule has 19 heavy (non-hydrogen) atoms. The van der Waals surface area contributed by atoms with Gasteiger partial charge in [-0.05, 0) is 32.0 Å². The van der Waals surface area contributed by atoms with E-state index in [1.165, 1.54) is 0 Å². The van der Waals surface area contributed by atoms with Crippen LogP contribution in [0.1, 0.15) is 18.4 Å². The molecule has 0 aromatic heterocycles. The van der Waals surface area contributed by atoms with E-state index < -0.39 is 6.23 Å². The highest BCUT2D eigenvalue weighted by molar-refractivity contribution is 6.33. The van der Waals surface area contributed by atoms with Gasteiger partial charge >= 0.3 is 0 Å². The lowest BCUT2D eigenvalue weighted by molar-refractivity contribution is -0.120. The number of piperidine rings is 1. The Morgan fingerprint density at radius 1 is 1.37 bits per heavy atom. The molecule has 0 spiro atoms. The van der Waals surface area contributed by atoms with Gasteiger partial charge in [0.1, 0.15) is 0 Å². The van der Waals surface area contributed by atoms with Crippen molar-refractivity contribution < 1.29 is 9.53 Å². The topological polar surface area (TPSA) is 41.6 Å². The molecule has 0 aliphatic carbocycles. The van der Waals surface area contributed by atoms with Crippen molar-refractivity contribution in [2.24, 2.45) is 0 Å². The molecule has 5 heteroatoms. The fourth-order valence-corrected chi connectivity index (χ4v) is 3.22. The van der Waals surface area contributed by atoms with Gasteiger partial charge in [0.2, 0.25) is 0 Å². The molecule has 2 aliphatic heterocycles. The van der Waals surface area contributed by atoms with Crippen LogP contribution in [0, 0.1) is 0 Å². The number of aldehydes is 1. The number of nitrogens with one attached hydrogen (secondary N) is 1. The van der Waals surface area contributed by atoms with Crippen molar-refractivity contribution in [1.29, 1.82) is 0 Å². The van der Waals surface area contributed by atoms with Gasteiger partial charge in [0.05, 0.1) is 17.3 Å². The highest BCUT2D eigenvalue weighted by Gasteiger charge is 2.34. The second-order valence-electron chi connectivity index (χ2n) is 4.97. The van der Waals surface area contributed by atoms with Crippen LogP contribution in [0.4, 0.5) is 5.69 Å². The van der Waals surface area contributed by atoms with Crippen LogP contribution in [0.25, 0.3) is 0 Å². The molecule has 3 rings (SSSR count). The predicted molar refractivity (Wildman–Crippen MR) is 74.5 cm³/mol. The fourth-order valence-electron chi connectivity index (χ4n) is 2.93. The third-order valence-corrected chi connectivity index (χ3v) is 4.14. The summed E-state index contributed by atoms with van der Waals surface area (Å²) >= 11 is 6.35. The van der Waals surface area contributed by atoms with E-state index in [0.29, 0.717) is 17.7 Å². The number of halogens is 1. The Kier molecular flexibility index (Phi) is 3.73. The van der Waals surface area contributed by atoms with Gasteiger partial charge in [0.25, 0.3) is 0 Å². The Morgan fingerprint density at radius 2 is 2.16 bits per heavy atom. The number of hydrogen-bond acceptors (Lipinski definition) is 4. The lowest BCUT2D eigenvalue weighted by Gasteiger charge is -2.43. The van der Waals surface area contributed by atoms with Gasteiger partial charge in [-0.3, -0.25) is 4.79 Å². The molecule has 1 fully saturated rings. The molecule has 102 valence electrons. The lowest BCUT2D eigenvalue weighted by Crippen LogP contribution is -2.52. The van der Waals surface area contributed by atoms with E-state index in [4.69, 9.17) is 16.3 Å². The number of anilines is 1. The summed E-state index contributed by atoms with van der Waals surface area (Å²) in [6, 6.07) is 6.11. The van der Waals surface area contributed by atoms with Crippen LogP contribution in [0.3, 0.4) is 0 Å². The number of ether oxygens (including phenoxy) is 1. The summed E-state index contributed by atoms with van der Waals surface area (Å²) in [4.78, 5) is 13.4. The molecule has 1 atom stereocenters. The van der Waals surface area contributed by atoms with Gasteiger partial charge in [0, 0.05) is 11.6 Å². The first-order valence-electron chi connectivity index (χ1n) is 6.64. The summed E-state index contributed by atoms with van der Waals surface area (Å²) in [5, 5.41) is 4.04. The molecule has 0 radical (unpaired) electrons. The average Bonchev–Trinajstić information content (AvgIpc) is 2.47. The normalized spacial score (nSPS) is 24.1. The van der Waals surface area contributed by atoms with Crippen molar-refractivity contribution in [2.75, 3.05) is 18.0 Å². The van der Waals surface area contributed by atoms with E-state index in [1.54, 1.807) is 0 Å². The maximum atomic E-state index is 11.3. The van der Waals surface area contributed by atoms with E-state index in [2.05, 4.69) is 10.2 Å². The number of carbonyl (C=O) groups excluding carboxylic acids is 1. The van der Waals surface area contributed by atoms with E-state index in [1.807, 2.05) is 18.2 Å². The van der Waals surface area contributed by atoms with Gasteiger partial charge < -0.3 is 15.0 Å². The maximum Gasteiger partial charge on any atom is 0.187 e. The minimum absolute atomic E-state index is 0.301. The van der Waals surface area contributed by atoms with Gasteiger partial charge in [-0.25, -0.2) is 0 Å². The highest BCUT2D eigenvalue weighted by Crippen LogP contribution is 2.38. The van der Waals surface area contributed by atoms with Crippen LogP contribution in [0.15, 0.2) is 18.2 Å². The molecular formula is C14H17ClN2O2. The third kappa shape index (κ3) is 2.36. The number of hydrogen-bond donors (Lipinski definition) is 1. The summed E-state index contributed by atoms with van der Waals surface area (Å²) < 4.78 is 5.65. The molecule has 0 saturated carbocycles. The van der Waals surface area contributed by atoms with Crippen molar-refractivity contribution in [3.8, 4) is 0 Å². The summed E-state index contributed by atoms with van der Waals surface area (Å²) in [5.74, 6) is 0. The highest BCUT2D eigenvalue weighted by atomic mass is 35.5. The largest absolute Gasteiger partial charge is 0.346 e. The van der Waals surface area contributed by atoms with Crippen LogP contribution >= 0.6 is 11.6 Å². The number of nitrogens with zero attached hydrogens (tertiary/aromatic N) is 1. The molecule has 0 amide bonds. The number of benzene rings is 1. The minimum Gasteiger partial charge on any atom is -0.346 e. The summed E-state index contributed by atoms with van der Waals surface area (Å²) in [6.45, 7) is 2.37. The molecule has 0 bridgehead atoms. The van der Waals surface area contributed by atoms with Crippen molar-refractivity contribution in [3.63, 3.8) is 0 Å². The van der Waals surface area contributed by atoms with Gasteiger partial charge in [-0.1, -0.05) is 23.7 Å². The Morgan fingerprint density at radius 3 is 2.89 bits per heavy atom. The van der Waals surface area contributed by atoms with Crippen LogP contribution < -0.4 is 10.2 Å². The van der Waals surface area contributed by atoms with E-state index in [0.717, 1.165) is 43.5 Å². The molecule has 1 aromatic carbocycles. The Hall–Kier alpha value is -1.10. The molecule has 2 aliphatic rings. The second-order valence-corrected chi connectivity index (χ2v) is 5.38. The Bertz CT molecular complexity index is 475. The van der Waals surface area contributed by atoms with E-state index >= 15 is 0 Å². The zero-order valence-electron chi connectivity index (χ0n) is 10.6. The number of para-hydroxylation sites is 1. The SMILES string of the molecule is O=CC1OCc2cccc(Cl)c2N1C1CCNCC1. The maximum absolute atomic E-state index is 11.3. The predicted octanol–water partition coefficient (Wildman–Crippen LogP) is 1.95. The van der Waals surface area contributed by atoms with E-state index in [-0.39, 0.29) is 0 Å². The first-order chi connectivity index (χ1) is 9.31. The minimum atomic E-state index is -0.518. The number of fused-ring (bicyclic) bond motifs is 1. The van der Waals surface area contributed by atoms with Crippen molar-refractivity contribution in [3.05, 3.63) is 28.8 Å². The van der Waals surface area contributed by atoms with E-state index in [9.17, 15) is 4.79 Å². The summed E-state index contributed by atoms with van der Waals surface area (Å²) in [5.41, 5.74) is 2.03. The van der Waals surface area contributed by atoms with Crippen LogP contribution in [-0.2, 0) is 16.1 Å². The zero-order valence-corrected chi connectivity index (χ0v) is 11.4.